The van der Waals surface area contributed by atoms with Crippen LogP contribution < -0.4 is 0 Å². The topological polar surface area (TPSA) is 51.2 Å². The number of fused-ring (bicyclic) bond motifs is 2. The summed E-state index contributed by atoms with van der Waals surface area (Å²) in [6.45, 7) is 6.67. The average molecular weight is 287 g/mol. The standard InChI is InChI=1S/C10H16O.Cl2O2S/c1-9(2)7-4-5-10(9,3)8(11)6-7;1-5(2,3)4/h7H,4-6H2,1-3H3;/t7?,10-;/m1./s1. The van der Waals surface area contributed by atoms with Crippen LogP contribution in [0.3, 0.4) is 0 Å². The molecule has 2 saturated carbocycles. The van der Waals surface area contributed by atoms with Crippen LogP contribution in [0.2, 0.25) is 0 Å². The highest BCUT2D eigenvalue weighted by atomic mass is 36.0. The Balaban J connectivity index is 0.000000221. The van der Waals surface area contributed by atoms with Crippen molar-refractivity contribution in [1.82, 2.24) is 0 Å². The van der Waals surface area contributed by atoms with Crippen molar-refractivity contribution >= 4 is 35.4 Å². The average Bonchev–Trinajstić information content (AvgIpc) is 2.33. The molecule has 0 N–H and O–H groups in total. The molecule has 0 radical (unpaired) electrons. The Kier molecular flexibility index (Phi) is 3.69. The Bertz CT molecular complexity index is 394. The van der Waals surface area contributed by atoms with Crippen LogP contribution in [-0.4, -0.2) is 14.2 Å². The molecule has 94 valence electrons. The van der Waals surface area contributed by atoms with E-state index in [0.717, 1.165) is 12.8 Å². The van der Waals surface area contributed by atoms with Gasteiger partial charge in [-0.25, -0.2) is 0 Å². The second kappa shape index (κ2) is 4.14. The van der Waals surface area contributed by atoms with Gasteiger partial charge in [-0.1, -0.05) is 20.8 Å². The number of hydrogen-bond donors (Lipinski definition) is 0. The van der Waals surface area contributed by atoms with Crippen molar-refractivity contribution in [2.24, 2.45) is 16.7 Å². The van der Waals surface area contributed by atoms with Gasteiger partial charge >= 0.3 is 8.26 Å². The number of Topliss-reactive ketones (excluding diaryl/α,β-unsaturated/α-hetero) is 1. The smallest absolute Gasteiger partial charge is 0.299 e. The molecule has 1 unspecified atom stereocenters. The van der Waals surface area contributed by atoms with Crippen LogP contribution in [0, 0.1) is 16.7 Å². The van der Waals surface area contributed by atoms with Crippen molar-refractivity contribution in [3.63, 3.8) is 0 Å². The summed E-state index contributed by atoms with van der Waals surface area (Å²) in [5, 5.41) is 0. The molecule has 6 heteroatoms. The van der Waals surface area contributed by atoms with E-state index >= 15 is 0 Å². The first-order valence-electron chi connectivity index (χ1n) is 5.16. The number of ketones is 1. The molecule has 2 fully saturated rings. The Morgan fingerprint density at radius 1 is 1.25 bits per heavy atom. The summed E-state index contributed by atoms with van der Waals surface area (Å²) >= 11 is 0. The van der Waals surface area contributed by atoms with Gasteiger partial charge in [0.2, 0.25) is 0 Å². The molecule has 0 aliphatic heterocycles. The summed E-state index contributed by atoms with van der Waals surface area (Å²) in [4.78, 5) is 11.6. The van der Waals surface area contributed by atoms with Crippen LogP contribution in [0.1, 0.15) is 40.0 Å². The van der Waals surface area contributed by atoms with Gasteiger partial charge < -0.3 is 0 Å². The first kappa shape index (κ1) is 14.3. The lowest BCUT2D eigenvalue weighted by Gasteiger charge is -2.32. The molecule has 0 aromatic heterocycles. The van der Waals surface area contributed by atoms with Crippen LogP contribution in [0.15, 0.2) is 0 Å². The number of halogens is 2. The summed E-state index contributed by atoms with van der Waals surface area (Å²) in [6, 6.07) is 0. The summed E-state index contributed by atoms with van der Waals surface area (Å²) in [6.07, 6.45) is 3.25. The third-order valence-corrected chi connectivity index (χ3v) is 4.48. The number of rotatable bonds is 0. The van der Waals surface area contributed by atoms with Gasteiger partial charge in [-0.15, -0.1) is 0 Å². The van der Waals surface area contributed by atoms with Gasteiger partial charge in [0, 0.05) is 33.2 Å². The molecule has 2 bridgehead atoms. The molecule has 0 spiro atoms. The van der Waals surface area contributed by atoms with Crippen molar-refractivity contribution in [2.45, 2.75) is 40.0 Å². The zero-order valence-corrected chi connectivity index (χ0v) is 11.9. The quantitative estimate of drug-likeness (QED) is 0.643. The predicted octanol–water partition coefficient (Wildman–Crippen LogP) is 3.11. The van der Waals surface area contributed by atoms with Crippen LogP contribution in [0.4, 0.5) is 0 Å². The Morgan fingerprint density at radius 2 is 1.69 bits per heavy atom. The molecule has 2 atom stereocenters. The zero-order valence-electron chi connectivity index (χ0n) is 9.59. The fourth-order valence-corrected chi connectivity index (χ4v) is 2.90. The minimum atomic E-state index is -3.72. The first-order valence-corrected chi connectivity index (χ1v) is 8.29. The van der Waals surface area contributed by atoms with E-state index < -0.39 is 8.26 Å². The molecule has 0 aromatic rings. The van der Waals surface area contributed by atoms with E-state index in [9.17, 15) is 4.79 Å². The summed E-state index contributed by atoms with van der Waals surface area (Å²) in [7, 11) is 4.81. The third-order valence-electron chi connectivity index (χ3n) is 4.48. The minimum absolute atomic E-state index is 0.0255. The highest BCUT2D eigenvalue weighted by Crippen LogP contribution is 2.63. The normalized spacial score (nSPS) is 35.8. The Morgan fingerprint density at radius 3 is 1.81 bits per heavy atom. The lowest BCUT2D eigenvalue weighted by Crippen LogP contribution is -2.32. The number of carbonyl (C=O) groups is 1. The van der Waals surface area contributed by atoms with Crippen LogP contribution in [-0.2, 0) is 13.1 Å². The second-order valence-electron chi connectivity index (χ2n) is 5.30. The van der Waals surface area contributed by atoms with Crippen LogP contribution >= 0.6 is 21.4 Å². The molecule has 2 aliphatic rings. The highest BCUT2D eigenvalue weighted by molar-refractivity contribution is 8.31. The van der Waals surface area contributed by atoms with Crippen LogP contribution in [0.5, 0.6) is 0 Å². The third kappa shape index (κ3) is 2.54. The number of carbonyl (C=O) groups excluding carboxylic acids is 1. The molecule has 0 aromatic carbocycles. The van der Waals surface area contributed by atoms with E-state index in [2.05, 4.69) is 42.1 Å². The minimum Gasteiger partial charge on any atom is -0.299 e. The van der Waals surface area contributed by atoms with E-state index in [0.29, 0.717) is 11.7 Å². The fraction of sp³-hybridized carbons (Fsp3) is 0.900. The largest absolute Gasteiger partial charge is 0.317 e. The molecule has 3 nitrogen and oxygen atoms in total. The second-order valence-corrected chi connectivity index (χ2v) is 8.96. The molecule has 2 rings (SSSR count). The van der Waals surface area contributed by atoms with E-state index in [4.69, 9.17) is 8.42 Å². The Labute approximate surface area is 105 Å². The molecule has 2 aliphatic carbocycles. The van der Waals surface area contributed by atoms with Gasteiger partial charge in [0.05, 0.1) is 0 Å². The van der Waals surface area contributed by atoms with Gasteiger partial charge in [0.1, 0.15) is 5.78 Å². The predicted molar refractivity (Wildman–Crippen MR) is 64.9 cm³/mol. The maximum atomic E-state index is 11.6. The van der Waals surface area contributed by atoms with Gasteiger partial charge in [-0.3, -0.25) is 4.79 Å². The van der Waals surface area contributed by atoms with Gasteiger partial charge in [-0.2, -0.15) is 8.42 Å². The fourth-order valence-electron chi connectivity index (χ4n) is 2.90. The lowest BCUT2D eigenvalue weighted by molar-refractivity contribution is -0.128. The highest BCUT2D eigenvalue weighted by Gasteiger charge is 2.61. The Hall–Kier alpha value is 0.200. The molecule has 0 heterocycles. The van der Waals surface area contributed by atoms with E-state index in [1.807, 2.05) is 0 Å². The lowest BCUT2D eigenvalue weighted by atomic mass is 9.70. The summed E-state index contributed by atoms with van der Waals surface area (Å²) in [5.74, 6) is 1.19. The first-order chi connectivity index (χ1) is 6.98. The summed E-state index contributed by atoms with van der Waals surface area (Å²) in [5.41, 5.74) is 0.307. The molecule has 0 amide bonds. The van der Waals surface area contributed by atoms with E-state index in [1.165, 1.54) is 6.42 Å². The van der Waals surface area contributed by atoms with Crippen molar-refractivity contribution in [3.8, 4) is 0 Å². The molecular weight excluding hydrogens is 271 g/mol. The zero-order chi connectivity index (χ0) is 12.8. The molecular formula is C10H16Cl2O3S. The number of hydrogen-bond acceptors (Lipinski definition) is 3. The molecule has 0 saturated heterocycles. The van der Waals surface area contributed by atoms with Crippen molar-refractivity contribution in [1.29, 1.82) is 0 Å². The SMILES string of the molecule is CC1(C)C2CC[C@]1(C)C(=O)C2.O=S(=O)(Cl)Cl. The van der Waals surface area contributed by atoms with Crippen molar-refractivity contribution in [3.05, 3.63) is 0 Å². The van der Waals surface area contributed by atoms with Gasteiger partial charge in [0.15, 0.2) is 0 Å². The maximum absolute atomic E-state index is 11.6. The van der Waals surface area contributed by atoms with Crippen molar-refractivity contribution in [2.75, 3.05) is 0 Å². The van der Waals surface area contributed by atoms with E-state index in [1.54, 1.807) is 0 Å². The summed E-state index contributed by atoms with van der Waals surface area (Å²) < 4.78 is 18.3. The van der Waals surface area contributed by atoms with Gasteiger partial charge in [0.25, 0.3) is 0 Å². The van der Waals surface area contributed by atoms with Gasteiger partial charge in [-0.05, 0) is 24.2 Å². The van der Waals surface area contributed by atoms with Crippen molar-refractivity contribution < 1.29 is 13.2 Å². The maximum Gasteiger partial charge on any atom is 0.317 e. The van der Waals surface area contributed by atoms with Crippen LogP contribution in [0.25, 0.3) is 0 Å². The monoisotopic (exact) mass is 286 g/mol. The molecule has 16 heavy (non-hydrogen) atoms. The van der Waals surface area contributed by atoms with E-state index in [-0.39, 0.29) is 10.8 Å².